The lowest BCUT2D eigenvalue weighted by molar-refractivity contribution is 0.390. The Bertz CT molecular complexity index is 580. The van der Waals surface area contributed by atoms with Crippen molar-refractivity contribution in [2.45, 2.75) is 6.04 Å². The molecule has 1 unspecified atom stereocenters. The number of hydrogen-bond acceptors (Lipinski definition) is 5. The summed E-state index contributed by atoms with van der Waals surface area (Å²) in [5.41, 5.74) is 1.81. The van der Waals surface area contributed by atoms with Crippen molar-refractivity contribution in [2.24, 2.45) is 0 Å². The van der Waals surface area contributed by atoms with Gasteiger partial charge in [-0.2, -0.15) is 0 Å². The topological polar surface area (TPSA) is 52.6 Å². The standard InChI is InChI=1S/C16H20N2O3/c1-17-15(16-14(21-4)6-5-7-18-16)11-8-12(19-2)10-13(9-11)20-3/h5-10,15,17H,1-4H3. The van der Waals surface area contributed by atoms with Gasteiger partial charge < -0.3 is 19.5 Å². The van der Waals surface area contributed by atoms with E-state index in [1.807, 2.05) is 37.4 Å². The molecule has 1 atom stereocenters. The number of aromatic nitrogens is 1. The number of methoxy groups -OCH3 is 3. The van der Waals surface area contributed by atoms with Crippen molar-refractivity contribution in [1.82, 2.24) is 10.3 Å². The second-order valence-electron chi connectivity index (χ2n) is 4.46. The van der Waals surface area contributed by atoms with E-state index in [9.17, 15) is 0 Å². The zero-order valence-corrected chi connectivity index (χ0v) is 12.7. The van der Waals surface area contributed by atoms with E-state index in [1.54, 1.807) is 27.5 Å². The molecule has 0 saturated carbocycles. The molecule has 0 fully saturated rings. The molecule has 0 aliphatic carbocycles. The molecule has 2 rings (SSSR count). The van der Waals surface area contributed by atoms with Crippen LogP contribution in [-0.4, -0.2) is 33.4 Å². The molecule has 0 radical (unpaired) electrons. The normalized spacial score (nSPS) is 11.8. The second-order valence-corrected chi connectivity index (χ2v) is 4.46. The van der Waals surface area contributed by atoms with Crippen LogP contribution in [0.1, 0.15) is 17.3 Å². The minimum atomic E-state index is -0.120. The van der Waals surface area contributed by atoms with Gasteiger partial charge in [-0.05, 0) is 36.9 Å². The van der Waals surface area contributed by atoms with Crippen LogP contribution < -0.4 is 19.5 Å². The third-order valence-electron chi connectivity index (χ3n) is 3.29. The monoisotopic (exact) mass is 288 g/mol. The summed E-state index contributed by atoms with van der Waals surface area (Å²) in [6, 6.07) is 9.37. The van der Waals surface area contributed by atoms with Crippen LogP contribution in [0.3, 0.4) is 0 Å². The van der Waals surface area contributed by atoms with E-state index in [0.717, 1.165) is 28.5 Å². The van der Waals surface area contributed by atoms with Crippen molar-refractivity contribution in [3.8, 4) is 17.2 Å². The van der Waals surface area contributed by atoms with E-state index >= 15 is 0 Å². The maximum absolute atomic E-state index is 5.40. The molecule has 5 heteroatoms. The van der Waals surface area contributed by atoms with Gasteiger partial charge in [-0.25, -0.2) is 0 Å². The number of benzene rings is 1. The molecule has 0 aliphatic rings. The van der Waals surface area contributed by atoms with E-state index in [1.165, 1.54) is 0 Å². The summed E-state index contributed by atoms with van der Waals surface area (Å²) in [4.78, 5) is 4.44. The van der Waals surface area contributed by atoms with Crippen LogP contribution in [0.5, 0.6) is 17.2 Å². The Morgan fingerprint density at radius 3 is 2.19 bits per heavy atom. The van der Waals surface area contributed by atoms with Crippen molar-refractivity contribution in [1.29, 1.82) is 0 Å². The highest BCUT2D eigenvalue weighted by Gasteiger charge is 2.19. The van der Waals surface area contributed by atoms with Crippen LogP contribution >= 0.6 is 0 Å². The first-order chi connectivity index (χ1) is 10.2. The molecule has 1 aromatic carbocycles. The van der Waals surface area contributed by atoms with Crippen molar-refractivity contribution < 1.29 is 14.2 Å². The molecule has 0 aliphatic heterocycles. The van der Waals surface area contributed by atoms with Crippen molar-refractivity contribution in [2.75, 3.05) is 28.4 Å². The molecular weight excluding hydrogens is 268 g/mol. The summed E-state index contributed by atoms with van der Waals surface area (Å²) >= 11 is 0. The Balaban J connectivity index is 2.50. The fraction of sp³-hybridized carbons (Fsp3) is 0.312. The summed E-state index contributed by atoms with van der Waals surface area (Å²) in [6.07, 6.45) is 1.75. The number of rotatable bonds is 6. The van der Waals surface area contributed by atoms with Crippen molar-refractivity contribution >= 4 is 0 Å². The second kappa shape index (κ2) is 6.95. The average Bonchev–Trinajstić information content (AvgIpc) is 2.55. The first-order valence-corrected chi connectivity index (χ1v) is 6.62. The number of ether oxygens (including phenoxy) is 3. The number of nitrogens with one attached hydrogen (secondary N) is 1. The van der Waals surface area contributed by atoms with Gasteiger partial charge in [0.05, 0.1) is 27.4 Å². The molecule has 0 amide bonds. The lowest BCUT2D eigenvalue weighted by Crippen LogP contribution is -2.19. The highest BCUT2D eigenvalue weighted by atomic mass is 16.5. The highest BCUT2D eigenvalue weighted by molar-refractivity contribution is 5.44. The lowest BCUT2D eigenvalue weighted by atomic mass is 10.0. The summed E-state index contributed by atoms with van der Waals surface area (Å²) < 4.78 is 16.0. The van der Waals surface area contributed by atoms with Gasteiger partial charge in [-0.3, -0.25) is 4.98 Å². The molecule has 112 valence electrons. The van der Waals surface area contributed by atoms with Crippen LogP contribution in [0.2, 0.25) is 0 Å². The largest absolute Gasteiger partial charge is 0.497 e. The average molecular weight is 288 g/mol. The molecule has 2 aromatic rings. The van der Waals surface area contributed by atoms with E-state index in [4.69, 9.17) is 14.2 Å². The molecule has 5 nitrogen and oxygen atoms in total. The van der Waals surface area contributed by atoms with E-state index in [2.05, 4.69) is 10.3 Å². The molecule has 0 spiro atoms. The summed E-state index contributed by atoms with van der Waals surface area (Å²) in [5, 5.41) is 3.26. The molecule has 0 saturated heterocycles. The predicted molar refractivity (Wildman–Crippen MR) is 81.2 cm³/mol. The molecule has 1 aromatic heterocycles. The highest BCUT2D eigenvalue weighted by Crippen LogP contribution is 2.32. The minimum Gasteiger partial charge on any atom is -0.497 e. The first-order valence-electron chi connectivity index (χ1n) is 6.62. The summed E-state index contributed by atoms with van der Waals surface area (Å²) in [6.45, 7) is 0. The van der Waals surface area contributed by atoms with E-state index in [0.29, 0.717) is 0 Å². The van der Waals surface area contributed by atoms with E-state index in [-0.39, 0.29) is 6.04 Å². The lowest BCUT2D eigenvalue weighted by Gasteiger charge is -2.20. The molecule has 1 heterocycles. The van der Waals surface area contributed by atoms with Gasteiger partial charge in [-0.15, -0.1) is 0 Å². The van der Waals surface area contributed by atoms with Gasteiger partial charge in [-0.1, -0.05) is 0 Å². The summed E-state index contributed by atoms with van der Waals surface area (Å²) in [7, 11) is 6.78. The smallest absolute Gasteiger partial charge is 0.142 e. The Morgan fingerprint density at radius 2 is 1.67 bits per heavy atom. The van der Waals surface area contributed by atoms with Crippen molar-refractivity contribution in [3.05, 3.63) is 47.8 Å². The quantitative estimate of drug-likeness (QED) is 0.884. The van der Waals surface area contributed by atoms with Crippen LogP contribution in [0, 0.1) is 0 Å². The van der Waals surface area contributed by atoms with E-state index < -0.39 is 0 Å². The Labute approximate surface area is 124 Å². The Kier molecular flexibility index (Phi) is 5.00. The molecule has 1 N–H and O–H groups in total. The number of nitrogens with zero attached hydrogens (tertiary/aromatic N) is 1. The maximum Gasteiger partial charge on any atom is 0.142 e. The molecular formula is C16H20N2O3. The van der Waals surface area contributed by atoms with Crippen LogP contribution in [0.4, 0.5) is 0 Å². The van der Waals surface area contributed by atoms with Crippen LogP contribution in [0.25, 0.3) is 0 Å². The van der Waals surface area contributed by atoms with Gasteiger partial charge in [0.15, 0.2) is 0 Å². The fourth-order valence-corrected chi connectivity index (χ4v) is 2.25. The number of pyridine rings is 1. The third-order valence-corrected chi connectivity index (χ3v) is 3.29. The molecule has 0 bridgehead atoms. The van der Waals surface area contributed by atoms with Crippen LogP contribution in [0.15, 0.2) is 36.5 Å². The molecule has 21 heavy (non-hydrogen) atoms. The summed E-state index contributed by atoms with van der Waals surface area (Å²) in [5.74, 6) is 2.21. The van der Waals surface area contributed by atoms with Gasteiger partial charge in [0.25, 0.3) is 0 Å². The third kappa shape index (κ3) is 3.25. The minimum absolute atomic E-state index is 0.120. The first kappa shape index (κ1) is 15.1. The number of hydrogen-bond donors (Lipinski definition) is 1. The zero-order valence-electron chi connectivity index (χ0n) is 12.7. The Hall–Kier alpha value is -2.27. The van der Waals surface area contributed by atoms with Gasteiger partial charge in [0, 0.05) is 12.3 Å². The zero-order chi connectivity index (χ0) is 15.2. The van der Waals surface area contributed by atoms with Crippen LogP contribution in [-0.2, 0) is 0 Å². The van der Waals surface area contributed by atoms with Gasteiger partial charge in [0.1, 0.15) is 22.9 Å². The maximum atomic E-state index is 5.40. The predicted octanol–water partition coefficient (Wildman–Crippen LogP) is 2.42. The van der Waals surface area contributed by atoms with Gasteiger partial charge in [0.2, 0.25) is 0 Å². The van der Waals surface area contributed by atoms with Gasteiger partial charge >= 0.3 is 0 Å². The van der Waals surface area contributed by atoms with Crippen molar-refractivity contribution in [3.63, 3.8) is 0 Å². The Morgan fingerprint density at radius 1 is 1.00 bits per heavy atom. The fourth-order valence-electron chi connectivity index (χ4n) is 2.25. The SMILES string of the molecule is CNC(c1cc(OC)cc(OC)c1)c1ncccc1OC.